The lowest BCUT2D eigenvalue weighted by Crippen LogP contribution is -2.35. The van der Waals surface area contributed by atoms with E-state index in [4.69, 9.17) is 11.6 Å². The maximum absolute atomic E-state index is 12.7. The second kappa shape index (κ2) is 11.6. The Morgan fingerprint density at radius 2 is 1.49 bits per heavy atom. The molecule has 0 bridgehead atoms. The highest BCUT2D eigenvalue weighted by Gasteiger charge is 2.17. The van der Waals surface area contributed by atoms with Gasteiger partial charge in [-0.25, -0.2) is 0 Å². The number of benzene rings is 3. The minimum atomic E-state index is -0.218. The highest BCUT2D eigenvalue weighted by Crippen LogP contribution is 2.29. The molecule has 0 atom stereocenters. The molecule has 0 saturated carbocycles. The number of anilines is 5. The van der Waals surface area contributed by atoms with Crippen LogP contribution in [0.1, 0.15) is 33.7 Å². The number of hydrogen-bond donors (Lipinski definition) is 4. The monoisotopic (exact) mass is 543 g/mol. The van der Waals surface area contributed by atoms with E-state index in [0.29, 0.717) is 33.3 Å². The Kier molecular flexibility index (Phi) is 7.86. The number of halogens is 1. The Morgan fingerprint density at radius 1 is 0.846 bits per heavy atom. The summed E-state index contributed by atoms with van der Waals surface area (Å²) in [6, 6.07) is 23.7. The molecule has 3 aromatic carbocycles. The second-order valence-corrected chi connectivity index (χ2v) is 9.98. The normalized spacial score (nSPS) is 13.7. The summed E-state index contributed by atoms with van der Waals surface area (Å²) >= 11 is 6.46. The number of carbonyl (C=O) groups is 2. The molecule has 0 aliphatic carbocycles. The van der Waals surface area contributed by atoms with E-state index in [1.54, 1.807) is 28.8 Å². The first kappa shape index (κ1) is 26.3. The highest BCUT2D eigenvalue weighted by atomic mass is 35.5. The number of aliphatic hydroxyl groups is 1. The average molecular weight is 544 g/mol. The van der Waals surface area contributed by atoms with Gasteiger partial charge in [0.25, 0.3) is 11.8 Å². The third-order valence-electron chi connectivity index (χ3n) is 6.78. The number of aliphatic hydroxyl groups excluding tert-OH is 1. The zero-order valence-electron chi connectivity index (χ0n) is 21.5. The van der Waals surface area contributed by atoms with Gasteiger partial charge >= 0.3 is 0 Å². The quantitative estimate of drug-likeness (QED) is 0.233. The molecule has 200 valence electrons. The SMILES string of the molecule is Cn1cccc1C(=O)Nc1ccc(Nc2ccc(NC(=O)c3ccc(N4CCC(O)CC4)cc3)cc2)c(Cl)c1. The molecule has 1 aliphatic rings. The van der Waals surface area contributed by atoms with Crippen molar-refractivity contribution in [3.63, 3.8) is 0 Å². The van der Waals surface area contributed by atoms with E-state index in [1.165, 1.54) is 0 Å². The summed E-state index contributed by atoms with van der Waals surface area (Å²) in [5.74, 6) is -0.400. The summed E-state index contributed by atoms with van der Waals surface area (Å²) in [5.41, 5.74) is 4.93. The molecule has 9 heteroatoms. The van der Waals surface area contributed by atoms with Crippen molar-refractivity contribution in [1.82, 2.24) is 4.57 Å². The van der Waals surface area contributed by atoms with Gasteiger partial charge in [-0.05, 0) is 91.7 Å². The van der Waals surface area contributed by atoms with Crippen LogP contribution in [-0.2, 0) is 7.05 Å². The lowest BCUT2D eigenvalue weighted by molar-refractivity contribution is 0.101. The molecule has 1 aromatic heterocycles. The Labute approximate surface area is 232 Å². The molecule has 39 heavy (non-hydrogen) atoms. The molecular formula is C30H30ClN5O3. The fourth-order valence-corrected chi connectivity index (χ4v) is 4.76. The molecule has 5 rings (SSSR count). The molecule has 1 aliphatic heterocycles. The largest absolute Gasteiger partial charge is 0.393 e. The van der Waals surface area contributed by atoms with Crippen molar-refractivity contribution in [3.8, 4) is 0 Å². The first-order chi connectivity index (χ1) is 18.9. The zero-order chi connectivity index (χ0) is 27.4. The highest BCUT2D eigenvalue weighted by molar-refractivity contribution is 6.33. The fourth-order valence-electron chi connectivity index (χ4n) is 4.53. The number of carbonyl (C=O) groups excluding carboxylic acids is 2. The molecule has 1 saturated heterocycles. The Bertz CT molecular complexity index is 1460. The van der Waals surface area contributed by atoms with E-state index in [2.05, 4.69) is 20.9 Å². The number of nitrogens with zero attached hydrogens (tertiary/aromatic N) is 2. The summed E-state index contributed by atoms with van der Waals surface area (Å²) in [6.45, 7) is 1.63. The van der Waals surface area contributed by atoms with Gasteiger partial charge < -0.3 is 30.5 Å². The van der Waals surface area contributed by atoms with Crippen LogP contribution in [-0.4, -0.2) is 40.7 Å². The molecule has 0 unspecified atom stereocenters. The Morgan fingerprint density at radius 3 is 2.13 bits per heavy atom. The van der Waals surface area contributed by atoms with Crippen LogP contribution in [0.25, 0.3) is 0 Å². The van der Waals surface area contributed by atoms with E-state index < -0.39 is 0 Å². The van der Waals surface area contributed by atoms with Crippen LogP contribution in [0.2, 0.25) is 5.02 Å². The van der Waals surface area contributed by atoms with Gasteiger partial charge in [0.2, 0.25) is 0 Å². The number of aromatic nitrogens is 1. The van der Waals surface area contributed by atoms with Crippen LogP contribution in [0, 0.1) is 0 Å². The van der Waals surface area contributed by atoms with Gasteiger partial charge in [0.15, 0.2) is 0 Å². The summed E-state index contributed by atoms with van der Waals surface area (Å²) in [4.78, 5) is 27.4. The van der Waals surface area contributed by atoms with Crippen molar-refractivity contribution in [1.29, 1.82) is 0 Å². The van der Waals surface area contributed by atoms with Crippen LogP contribution in [0.5, 0.6) is 0 Å². The van der Waals surface area contributed by atoms with Gasteiger partial charge in [0.1, 0.15) is 5.69 Å². The summed E-state index contributed by atoms with van der Waals surface area (Å²) in [5, 5.41) is 19.2. The lowest BCUT2D eigenvalue weighted by atomic mass is 10.1. The topological polar surface area (TPSA) is 98.6 Å². The van der Waals surface area contributed by atoms with Crippen LogP contribution >= 0.6 is 11.6 Å². The van der Waals surface area contributed by atoms with Crippen molar-refractivity contribution < 1.29 is 14.7 Å². The third kappa shape index (κ3) is 6.42. The van der Waals surface area contributed by atoms with E-state index in [0.717, 1.165) is 37.3 Å². The molecule has 4 N–H and O–H groups in total. The third-order valence-corrected chi connectivity index (χ3v) is 7.10. The molecule has 2 amide bonds. The van der Waals surface area contributed by atoms with Gasteiger partial charge in [-0.2, -0.15) is 0 Å². The van der Waals surface area contributed by atoms with E-state index in [1.807, 2.05) is 67.8 Å². The molecule has 4 aromatic rings. The Hall–Kier alpha value is -4.27. The zero-order valence-corrected chi connectivity index (χ0v) is 22.3. The lowest BCUT2D eigenvalue weighted by Gasteiger charge is -2.31. The first-order valence-electron chi connectivity index (χ1n) is 12.8. The van der Waals surface area contributed by atoms with Gasteiger partial charge in [0.05, 0.1) is 16.8 Å². The van der Waals surface area contributed by atoms with Gasteiger partial charge in [0, 0.05) is 54.6 Å². The van der Waals surface area contributed by atoms with Crippen LogP contribution in [0.4, 0.5) is 28.4 Å². The Balaban J connectivity index is 1.16. The molecule has 8 nitrogen and oxygen atoms in total. The number of hydrogen-bond acceptors (Lipinski definition) is 5. The van der Waals surface area contributed by atoms with Crippen molar-refractivity contribution in [2.75, 3.05) is 33.9 Å². The fraction of sp³-hybridized carbons (Fsp3) is 0.200. The second-order valence-electron chi connectivity index (χ2n) is 9.57. The minimum Gasteiger partial charge on any atom is -0.393 e. The molecule has 1 fully saturated rings. The summed E-state index contributed by atoms with van der Waals surface area (Å²) < 4.78 is 1.75. The molecule has 2 heterocycles. The van der Waals surface area contributed by atoms with Crippen molar-refractivity contribution in [3.05, 3.63) is 101 Å². The van der Waals surface area contributed by atoms with Crippen LogP contribution in [0.15, 0.2) is 85.1 Å². The maximum atomic E-state index is 12.7. The predicted octanol–water partition coefficient (Wildman–Crippen LogP) is 5.89. The van der Waals surface area contributed by atoms with Gasteiger partial charge in [-0.1, -0.05) is 11.6 Å². The van der Waals surface area contributed by atoms with Crippen molar-refractivity contribution in [2.24, 2.45) is 7.05 Å². The number of amides is 2. The minimum absolute atomic E-state index is 0.188. The van der Waals surface area contributed by atoms with Gasteiger partial charge in [-0.15, -0.1) is 0 Å². The number of rotatable bonds is 7. The molecular weight excluding hydrogens is 514 g/mol. The maximum Gasteiger partial charge on any atom is 0.272 e. The summed E-state index contributed by atoms with van der Waals surface area (Å²) in [7, 11) is 1.81. The van der Waals surface area contributed by atoms with E-state index >= 15 is 0 Å². The molecule has 0 radical (unpaired) electrons. The average Bonchev–Trinajstić information content (AvgIpc) is 3.38. The molecule has 0 spiro atoms. The number of nitrogens with one attached hydrogen (secondary N) is 3. The smallest absolute Gasteiger partial charge is 0.272 e. The van der Waals surface area contributed by atoms with Crippen LogP contribution in [0.3, 0.4) is 0 Å². The van der Waals surface area contributed by atoms with E-state index in [9.17, 15) is 14.7 Å². The summed E-state index contributed by atoms with van der Waals surface area (Å²) in [6.07, 6.45) is 3.12. The predicted molar refractivity (Wildman–Crippen MR) is 156 cm³/mol. The number of piperidine rings is 1. The standard InChI is InChI=1S/C30H30ClN5O3/c1-35-16-2-3-28(35)30(39)34-23-10-13-27(26(31)19-23)32-21-6-8-22(9-7-21)33-29(38)20-4-11-24(12-5-20)36-17-14-25(37)15-18-36/h2-13,16,19,25,32,37H,14-15,17-18H2,1H3,(H,33,38)(H,34,39). The first-order valence-corrected chi connectivity index (χ1v) is 13.2. The van der Waals surface area contributed by atoms with Crippen LogP contribution < -0.4 is 20.9 Å². The van der Waals surface area contributed by atoms with Crippen molar-refractivity contribution >= 4 is 51.9 Å². The van der Waals surface area contributed by atoms with Gasteiger partial charge in [-0.3, -0.25) is 9.59 Å². The van der Waals surface area contributed by atoms with E-state index in [-0.39, 0.29) is 17.9 Å². The number of aryl methyl sites for hydroxylation is 1. The van der Waals surface area contributed by atoms with Crippen molar-refractivity contribution in [2.45, 2.75) is 18.9 Å².